The zero-order valence-corrected chi connectivity index (χ0v) is 17.5. The number of ether oxygens (including phenoxy) is 2. The third kappa shape index (κ3) is 5.49. The molecule has 0 aliphatic rings. The number of Topliss-reactive ketones (excluding diaryl/α,β-unsaturated/α-hetero) is 1. The molecule has 0 aliphatic heterocycles. The van der Waals surface area contributed by atoms with Crippen molar-refractivity contribution in [3.05, 3.63) is 59.8 Å². The van der Waals surface area contributed by atoms with Gasteiger partial charge < -0.3 is 14.0 Å². The van der Waals surface area contributed by atoms with Crippen molar-refractivity contribution in [1.82, 2.24) is 4.57 Å². The number of carbonyl (C=O) groups excluding carboxylic acids is 2. The lowest BCUT2D eigenvalue weighted by atomic mass is 9.91. The van der Waals surface area contributed by atoms with E-state index in [4.69, 9.17) is 4.74 Å². The third-order valence-electron chi connectivity index (χ3n) is 4.83. The van der Waals surface area contributed by atoms with E-state index in [1.165, 1.54) is 19.2 Å². The van der Waals surface area contributed by atoms with Crippen LogP contribution < -0.4 is 9.47 Å². The molecule has 0 bridgehead atoms. The number of rotatable bonds is 6. The van der Waals surface area contributed by atoms with Gasteiger partial charge >= 0.3 is 6.36 Å². The summed E-state index contributed by atoms with van der Waals surface area (Å²) >= 11 is 0. The van der Waals surface area contributed by atoms with Crippen LogP contribution in [0.3, 0.4) is 0 Å². The summed E-state index contributed by atoms with van der Waals surface area (Å²) < 4.78 is 47.9. The number of hydrogen-bond acceptors (Lipinski definition) is 4. The lowest BCUT2D eigenvalue weighted by Gasteiger charge is -2.17. The Hall–Kier alpha value is -3.29. The Morgan fingerprint density at radius 3 is 2.09 bits per heavy atom. The maximum Gasteiger partial charge on any atom is 0.573 e. The molecule has 0 saturated heterocycles. The van der Waals surface area contributed by atoms with Crippen molar-refractivity contribution in [2.24, 2.45) is 5.41 Å². The Morgan fingerprint density at radius 2 is 1.56 bits per heavy atom. The lowest BCUT2D eigenvalue weighted by molar-refractivity contribution is -0.274. The number of halogens is 3. The van der Waals surface area contributed by atoms with Crippen LogP contribution >= 0.6 is 0 Å². The molecule has 172 valence electrons. The highest BCUT2D eigenvalue weighted by atomic mass is 19.4. The first-order valence-corrected chi connectivity index (χ1v) is 9.50. The van der Waals surface area contributed by atoms with Crippen molar-refractivity contribution >= 4 is 22.5 Å². The number of benzene rings is 2. The summed E-state index contributed by atoms with van der Waals surface area (Å²) in [6, 6.07) is 9.89. The molecule has 1 aromatic heterocycles. The zero-order valence-electron chi connectivity index (χ0n) is 17.5. The van der Waals surface area contributed by atoms with Crippen molar-refractivity contribution in [3.8, 4) is 11.5 Å². The minimum absolute atomic E-state index is 0. The number of aromatic nitrogens is 1. The molecule has 0 amide bonds. The van der Waals surface area contributed by atoms with Crippen LogP contribution in [-0.2, 0) is 11.3 Å². The van der Waals surface area contributed by atoms with Gasteiger partial charge in [0.15, 0.2) is 11.6 Å². The highest BCUT2D eigenvalue weighted by molar-refractivity contribution is 6.16. The van der Waals surface area contributed by atoms with E-state index >= 15 is 0 Å². The second-order valence-electron chi connectivity index (χ2n) is 8.13. The zero-order chi connectivity index (χ0) is 23.0. The van der Waals surface area contributed by atoms with Gasteiger partial charge in [-0.15, -0.1) is 13.2 Å². The quantitative estimate of drug-likeness (QED) is 0.431. The molecule has 0 unspecified atom stereocenters. The average molecular weight is 449 g/mol. The molecule has 1 heterocycles. The van der Waals surface area contributed by atoms with Gasteiger partial charge in [0.05, 0.1) is 19.2 Å². The first-order chi connectivity index (χ1) is 14.4. The van der Waals surface area contributed by atoms with Crippen LogP contribution in [-0.4, -0.2) is 29.6 Å². The van der Waals surface area contributed by atoms with Gasteiger partial charge in [0.2, 0.25) is 0 Å². The summed E-state index contributed by atoms with van der Waals surface area (Å²) in [5.74, 6) is -0.231. The van der Waals surface area contributed by atoms with Crippen LogP contribution in [0.15, 0.2) is 48.7 Å². The fraction of sp³-hybridized carbons (Fsp3) is 0.333. The molecule has 3 rings (SSSR count). The number of fused-ring (bicyclic) bond motifs is 1. The van der Waals surface area contributed by atoms with Crippen LogP contribution in [0.4, 0.5) is 13.2 Å². The van der Waals surface area contributed by atoms with E-state index in [1.54, 1.807) is 29.0 Å². The largest absolute Gasteiger partial charge is 0.573 e. The van der Waals surface area contributed by atoms with Gasteiger partial charge in [-0.3, -0.25) is 9.59 Å². The van der Waals surface area contributed by atoms with Gasteiger partial charge in [0.1, 0.15) is 11.5 Å². The number of alkyl halides is 3. The van der Waals surface area contributed by atoms with E-state index in [2.05, 4.69) is 4.74 Å². The third-order valence-corrected chi connectivity index (χ3v) is 4.83. The number of nitrogens with zero attached hydrogens (tertiary/aromatic N) is 1. The minimum atomic E-state index is -4.81. The molecule has 8 heteroatoms. The predicted octanol–water partition coefficient (Wildman–Crippen LogP) is 6.03. The molecular formula is C24H26F3NO4. The molecule has 0 N–H and O–H groups in total. The van der Waals surface area contributed by atoms with Crippen LogP contribution in [0.2, 0.25) is 0 Å². The minimum Gasteiger partial charge on any atom is -0.497 e. The van der Waals surface area contributed by atoms with Gasteiger partial charge in [-0.2, -0.15) is 0 Å². The van der Waals surface area contributed by atoms with E-state index in [1.807, 2.05) is 20.8 Å². The number of carbonyl (C=O) groups is 2. The van der Waals surface area contributed by atoms with Crippen molar-refractivity contribution in [2.45, 2.75) is 41.1 Å². The van der Waals surface area contributed by atoms with Crippen molar-refractivity contribution in [1.29, 1.82) is 0 Å². The first kappa shape index (κ1) is 25.0. The summed E-state index contributed by atoms with van der Waals surface area (Å²) in [6.07, 6.45) is -3.21. The number of methoxy groups -OCH3 is 1. The lowest BCUT2D eigenvalue weighted by Crippen LogP contribution is -2.24. The first-order valence-electron chi connectivity index (χ1n) is 9.50. The molecule has 2 aromatic carbocycles. The summed E-state index contributed by atoms with van der Waals surface area (Å²) in [4.78, 5) is 25.7. The van der Waals surface area contributed by atoms with Gasteiger partial charge in [-0.1, -0.05) is 28.2 Å². The molecule has 32 heavy (non-hydrogen) atoms. The molecule has 0 aliphatic carbocycles. The van der Waals surface area contributed by atoms with E-state index < -0.39 is 17.5 Å². The summed E-state index contributed by atoms with van der Waals surface area (Å²) in [7, 11) is 1.52. The van der Waals surface area contributed by atoms with Gasteiger partial charge in [-0.05, 0) is 36.4 Å². The van der Waals surface area contributed by atoms with E-state index in [9.17, 15) is 22.8 Å². The molecule has 3 aromatic rings. The summed E-state index contributed by atoms with van der Waals surface area (Å²) in [6.45, 7) is 5.52. The Morgan fingerprint density at radius 1 is 0.969 bits per heavy atom. The molecule has 0 saturated carbocycles. The van der Waals surface area contributed by atoms with Gasteiger partial charge in [0, 0.05) is 34.2 Å². The van der Waals surface area contributed by atoms with Crippen LogP contribution in [0.1, 0.15) is 44.1 Å². The van der Waals surface area contributed by atoms with Crippen LogP contribution in [0.25, 0.3) is 10.9 Å². The Kier molecular flexibility index (Phi) is 7.07. The molecular weight excluding hydrogens is 423 g/mol. The summed E-state index contributed by atoms with van der Waals surface area (Å²) in [5.41, 5.74) is 0.626. The van der Waals surface area contributed by atoms with Gasteiger partial charge in [-0.25, -0.2) is 0 Å². The van der Waals surface area contributed by atoms with Crippen molar-refractivity contribution in [3.63, 3.8) is 0 Å². The molecule has 0 atom stereocenters. The summed E-state index contributed by atoms with van der Waals surface area (Å²) in [5, 5.41) is 0.614. The highest BCUT2D eigenvalue weighted by Gasteiger charge is 2.31. The molecule has 0 fully saturated rings. The second-order valence-corrected chi connectivity index (χ2v) is 8.13. The topological polar surface area (TPSA) is 57.5 Å². The van der Waals surface area contributed by atoms with Crippen molar-refractivity contribution < 1.29 is 32.2 Å². The SMILES string of the molecule is C.COc1ccc2c(C(=O)c3ccc(OC(F)(F)F)cc3)cn(CC(=O)C(C)(C)C)c2c1. The standard InChI is InChI=1S/C23H22F3NO4.CH4/c1-22(2,3)20(28)13-27-12-18(17-10-9-16(30-4)11-19(17)27)21(29)14-5-7-15(8-6-14)31-23(24,25)26;/h5-12H,13H2,1-4H3;1H4. The molecule has 0 spiro atoms. The Labute approximate surface area is 184 Å². The fourth-order valence-corrected chi connectivity index (χ4v) is 3.07. The van der Waals surface area contributed by atoms with E-state index in [0.29, 0.717) is 22.2 Å². The second kappa shape index (κ2) is 9.06. The number of ketones is 2. The predicted molar refractivity (Wildman–Crippen MR) is 116 cm³/mol. The fourth-order valence-electron chi connectivity index (χ4n) is 3.07. The Bertz CT molecular complexity index is 1120. The monoisotopic (exact) mass is 449 g/mol. The van der Waals surface area contributed by atoms with Gasteiger partial charge in [0.25, 0.3) is 0 Å². The smallest absolute Gasteiger partial charge is 0.497 e. The van der Waals surface area contributed by atoms with E-state index in [-0.39, 0.29) is 31.1 Å². The van der Waals surface area contributed by atoms with Crippen LogP contribution in [0, 0.1) is 5.41 Å². The highest BCUT2D eigenvalue weighted by Crippen LogP contribution is 2.30. The van der Waals surface area contributed by atoms with E-state index in [0.717, 1.165) is 12.1 Å². The molecule has 5 nitrogen and oxygen atoms in total. The maximum atomic E-state index is 13.1. The van der Waals surface area contributed by atoms with Crippen LogP contribution in [0.5, 0.6) is 11.5 Å². The van der Waals surface area contributed by atoms with Crippen molar-refractivity contribution in [2.75, 3.05) is 7.11 Å². The average Bonchev–Trinajstić information content (AvgIpc) is 3.03. The Balaban J connectivity index is 0.00000363. The number of hydrogen-bond donors (Lipinski definition) is 0. The normalized spacial score (nSPS) is 11.7. The maximum absolute atomic E-state index is 13.1. The molecule has 0 radical (unpaired) electrons.